The predicted octanol–water partition coefficient (Wildman–Crippen LogP) is 3.44. The molecule has 0 aliphatic heterocycles. The largest absolute Gasteiger partial charge is 0.493 e. The fourth-order valence-electron chi connectivity index (χ4n) is 2.15. The molecule has 5 nitrogen and oxygen atoms in total. The second-order valence-electron chi connectivity index (χ2n) is 5.22. The summed E-state index contributed by atoms with van der Waals surface area (Å²) in [6.07, 6.45) is 1.20. The number of esters is 1. The zero-order valence-electron chi connectivity index (χ0n) is 13.9. The van der Waals surface area contributed by atoms with Crippen molar-refractivity contribution in [1.29, 1.82) is 0 Å². The molecule has 0 aromatic heterocycles. The van der Waals surface area contributed by atoms with Crippen molar-refractivity contribution in [2.24, 2.45) is 0 Å². The number of carbonyl (C=O) groups excluding carboxylic acids is 2. The van der Waals surface area contributed by atoms with Crippen LogP contribution in [0.1, 0.15) is 29.3 Å². The highest BCUT2D eigenvalue weighted by molar-refractivity contribution is 5.94. The number of hydrogen-bond acceptors (Lipinski definition) is 4. The summed E-state index contributed by atoms with van der Waals surface area (Å²) in [4.78, 5) is 23.4. The first-order valence-electron chi connectivity index (χ1n) is 7.82. The molecule has 0 spiro atoms. The average Bonchev–Trinajstić information content (AvgIpc) is 2.61. The lowest BCUT2D eigenvalue weighted by atomic mass is 10.2. The SMILES string of the molecule is CCc1ccc(OCCC(=O)Nc2cccc(C(=O)OC)c2)cc1. The van der Waals surface area contributed by atoms with Gasteiger partial charge < -0.3 is 14.8 Å². The lowest BCUT2D eigenvalue weighted by Crippen LogP contribution is -2.15. The van der Waals surface area contributed by atoms with Crippen molar-refractivity contribution in [1.82, 2.24) is 0 Å². The molecule has 0 aliphatic rings. The van der Waals surface area contributed by atoms with Gasteiger partial charge in [-0.25, -0.2) is 4.79 Å². The van der Waals surface area contributed by atoms with Crippen molar-refractivity contribution in [2.75, 3.05) is 19.0 Å². The van der Waals surface area contributed by atoms with Gasteiger partial charge in [0.05, 0.1) is 25.7 Å². The minimum atomic E-state index is -0.440. The molecule has 2 aromatic rings. The van der Waals surface area contributed by atoms with Gasteiger partial charge in [-0.1, -0.05) is 25.1 Å². The van der Waals surface area contributed by atoms with Crippen LogP contribution in [0.15, 0.2) is 48.5 Å². The summed E-state index contributed by atoms with van der Waals surface area (Å²) in [6.45, 7) is 2.38. The van der Waals surface area contributed by atoms with Crippen LogP contribution in [0.3, 0.4) is 0 Å². The molecule has 0 unspecified atom stereocenters. The summed E-state index contributed by atoms with van der Waals surface area (Å²) in [6, 6.07) is 14.4. The molecule has 1 N–H and O–H groups in total. The Balaban J connectivity index is 1.81. The minimum Gasteiger partial charge on any atom is -0.493 e. The Bertz CT molecular complexity index is 695. The topological polar surface area (TPSA) is 64.6 Å². The molecule has 5 heteroatoms. The molecule has 0 radical (unpaired) electrons. The molecule has 0 saturated carbocycles. The fourth-order valence-corrected chi connectivity index (χ4v) is 2.15. The van der Waals surface area contributed by atoms with Gasteiger partial charge in [-0.2, -0.15) is 0 Å². The molecule has 0 fully saturated rings. The number of carbonyl (C=O) groups is 2. The van der Waals surface area contributed by atoms with E-state index in [0.717, 1.165) is 12.2 Å². The third-order valence-corrected chi connectivity index (χ3v) is 3.50. The third kappa shape index (κ3) is 5.12. The summed E-state index contributed by atoms with van der Waals surface area (Å²) in [5, 5.41) is 2.74. The fraction of sp³-hybridized carbons (Fsp3) is 0.263. The number of amides is 1. The van der Waals surface area contributed by atoms with E-state index in [-0.39, 0.29) is 18.9 Å². The van der Waals surface area contributed by atoms with Gasteiger partial charge in [0, 0.05) is 5.69 Å². The molecular formula is C19H21NO4. The lowest BCUT2D eigenvalue weighted by molar-refractivity contribution is -0.116. The smallest absolute Gasteiger partial charge is 0.337 e. The minimum absolute atomic E-state index is 0.179. The molecule has 0 heterocycles. The molecule has 0 atom stereocenters. The predicted molar refractivity (Wildman–Crippen MR) is 92.3 cm³/mol. The van der Waals surface area contributed by atoms with E-state index in [4.69, 9.17) is 4.74 Å². The summed E-state index contributed by atoms with van der Waals surface area (Å²) >= 11 is 0. The molecule has 126 valence electrons. The van der Waals surface area contributed by atoms with E-state index in [1.54, 1.807) is 24.3 Å². The Hall–Kier alpha value is -2.82. The van der Waals surface area contributed by atoms with Gasteiger partial charge in [-0.15, -0.1) is 0 Å². The zero-order chi connectivity index (χ0) is 17.4. The second kappa shape index (κ2) is 8.72. The molecule has 2 rings (SSSR count). The maximum Gasteiger partial charge on any atom is 0.337 e. The second-order valence-corrected chi connectivity index (χ2v) is 5.22. The van der Waals surface area contributed by atoms with E-state index in [1.165, 1.54) is 12.7 Å². The Morgan fingerprint density at radius 1 is 1.08 bits per heavy atom. The molecule has 0 saturated heterocycles. The van der Waals surface area contributed by atoms with Crippen LogP contribution < -0.4 is 10.1 Å². The van der Waals surface area contributed by atoms with Crippen molar-refractivity contribution < 1.29 is 19.1 Å². The van der Waals surface area contributed by atoms with Crippen LogP contribution in [-0.4, -0.2) is 25.6 Å². The first kappa shape index (κ1) is 17.5. The lowest BCUT2D eigenvalue weighted by Gasteiger charge is -2.08. The number of benzene rings is 2. The normalized spacial score (nSPS) is 10.1. The Morgan fingerprint density at radius 3 is 2.50 bits per heavy atom. The average molecular weight is 327 g/mol. The van der Waals surface area contributed by atoms with E-state index in [1.807, 2.05) is 24.3 Å². The Labute approximate surface area is 141 Å². The van der Waals surface area contributed by atoms with Crippen LogP contribution in [0.5, 0.6) is 5.75 Å². The van der Waals surface area contributed by atoms with Gasteiger partial charge in [0.2, 0.25) is 5.91 Å². The van der Waals surface area contributed by atoms with Gasteiger partial charge in [-0.3, -0.25) is 4.79 Å². The van der Waals surface area contributed by atoms with Crippen LogP contribution in [0, 0.1) is 0 Å². The van der Waals surface area contributed by atoms with Crippen molar-refractivity contribution in [3.63, 3.8) is 0 Å². The number of anilines is 1. The first-order valence-corrected chi connectivity index (χ1v) is 7.82. The van der Waals surface area contributed by atoms with E-state index in [2.05, 4.69) is 17.0 Å². The molecule has 24 heavy (non-hydrogen) atoms. The quantitative estimate of drug-likeness (QED) is 0.791. The van der Waals surface area contributed by atoms with Crippen molar-refractivity contribution in [3.05, 3.63) is 59.7 Å². The zero-order valence-corrected chi connectivity index (χ0v) is 13.9. The first-order chi connectivity index (χ1) is 11.6. The summed E-state index contributed by atoms with van der Waals surface area (Å²) in [7, 11) is 1.32. The molecule has 0 bridgehead atoms. The number of ether oxygens (including phenoxy) is 2. The summed E-state index contributed by atoms with van der Waals surface area (Å²) in [5.41, 5.74) is 2.18. The van der Waals surface area contributed by atoms with Gasteiger partial charge in [0.1, 0.15) is 5.75 Å². The number of rotatable bonds is 7. The van der Waals surface area contributed by atoms with E-state index in [9.17, 15) is 9.59 Å². The standard InChI is InChI=1S/C19H21NO4/c1-3-14-7-9-17(10-8-14)24-12-11-18(21)20-16-6-4-5-15(13-16)19(22)23-2/h4-10,13H,3,11-12H2,1-2H3,(H,20,21). The van der Waals surface area contributed by atoms with E-state index >= 15 is 0 Å². The van der Waals surface area contributed by atoms with Crippen LogP contribution in [0.4, 0.5) is 5.69 Å². The van der Waals surface area contributed by atoms with Crippen molar-refractivity contribution in [2.45, 2.75) is 19.8 Å². The summed E-state index contributed by atoms with van der Waals surface area (Å²) in [5.74, 6) is 0.125. The molecule has 0 aliphatic carbocycles. The van der Waals surface area contributed by atoms with Gasteiger partial charge >= 0.3 is 5.97 Å². The number of hydrogen-bond donors (Lipinski definition) is 1. The van der Waals surface area contributed by atoms with E-state index < -0.39 is 5.97 Å². The Morgan fingerprint density at radius 2 is 1.83 bits per heavy atom. The Kier molecular flexibility index (Phi) is 6.37. The molecule has 2 aromatic carbocycles. The number of nitrogens with one attached hydrogen (secondary N) is 1. The van der Waals surface area contributed by atoms with Gasteiger partial charge in [-0.05, 0) is 42.3 Å². The van der Waals surface area contributed by atoms with Crippen LogP contribution in [-0.2, 0) is 16.0 Å². The van der Waals surface area contributed by atoms with Gasteiger partial charge in [0.15, 0.2) is 0 Å². The van der Waals surface area contributed by atoms with Crippen molar-refractivity contribution in [3.8, 4) is 5.75 Å². The molecule has 1 amide bonds. The maximum absolute atomic E-state index is 11.9. The van der Waals surface area contributed by atoms with Crippen LogP contribution >= 0.6 is 0 Å². The van der Waals surface area contributed by atoms with Crippen LogP contribution in [0.2, 0.25) is 0 Å². The van der Waals surface area contributed by atoms with Crippen LogP contribution in [0.25, 0.3) is 0 Å². The highest BCUT2D eigenvalue weighted by Crippen LogP contribution is 2.14. The monoisotopic (exact) mass is 327 g/mol. The van der Waals surface area contributed by atoms with Crippen molar-refractivity contribution >= 4 is 17.6 Å². The molecular weight excluding hydrogens is 306 g/mol. The highest BCUT2D eigenvalue weighted by Gasteiger charge is 2.08. The van der Waals surface area contributed by atoms with Gasteiger partial charge in [0.25, 0.3) is 0 Å². The third-order valence-electron chi connectivity index (χ3n) is 3.50. The maximum atomic E-state index is 11.9. The highest BCUT2D eigenvalue weighted by atomic mass is 16.5. The van der Waals surface area contributed by atoms with E-state index in [0.29, 0.717) is 11.3 Å². The number of aryl methyl sites for hydroxylation is 1. The summed E-state index contributed by atoms with van der Waals surface area (Å²) < 4.78 is 10.2. The number of methoxy groups -OCH3 is 1.